The van der Waals surface area contributed by atoms with E-state index >= 15 is 0 Å². The van der Waals surface area contributed by atoms with Gasteiger partial charge in [-0.15, -0.1) is 0 Å². The van der Waals surface area contributed by atoms with E-state index in [1.807, 2.05) is 41.9 Å². The van der Waals surface area contributed by atoms with Gasteiger partial charge in [-0.2, -0.15) is 5.10 Å². The Morgan fingerprint density at radius 3 is 2.65 bits per heavy atom. The summed E-state index contributed by atoms with van der Waals surface area (Å²) in [5.41, 5.74) is 3.16. The predicted octanol–water partition coefficient (Wildman–Crippen LogP) is 2.84. The van der Waals surface area contributed by atoms with Crippen molar-refractivity contribution in [2.45, 2.75) is 26.8 Å². The fraction of sp³-hybridized carbons (Fsp3) is 0.286. The van der Waals surface area contributed by atoms with Gasteiger partial charge < -0.3 is 0 Å². The number of carbonyl (C=O) groups is 1. The molecule has 2 rings (SSSR count). The van der Waals surface area contributed by atoms with E-state index in [0.29, 0.717) is 13.0 Å². The highest BCUT2D eigenvalue weighted by Gasteiger charge is 2.06. The predicted molar refractivity (Wildman–Crippen MR) is 67.7 cm³/mol. The van der Waals surface area contributed by atoms with Crippen molar-refractivity contribution in [1.82, 2.24) is 9.78 Å². The van der Waals surface area contributed by atoms with Crippen LogP contribution in [0.25, 0.3) is 11.3 Å². The Balaban J connectivity index is 2.22. The number of rotatable bonds is 4. The minimum Gasteiger partial charge on any atom is -0.300 e. The van der Waals surface area contributed by atoms with Crippen molar-refractivity contribution in [2.75, 3.05) is 0 Å². The highest BCUT2D eigenvalue weighted by atomic mass is 16.1. The van der Waals surface area contributed by atoms with E-state index < -0.39 is 0 Å². The quantitative estimate of drug-likeness (QED) is 0.806. The molecule has 0 atom stereocenters. The van der Waals surface area contributed by atoms with Gasteiger partial charge in [-0.1, -0.05) is 30.3 Å². The first-order chi connectivity index (χ1) is 8.16. The van der Waals surface area contributed by atoms with Crippen molar-refractivity contribution < 1.29 is 4.79 Å². The molecule has 3 nitrogen and oxygen atoms in total. The monoisotopic (exact) mass is 228 g/mol. The highest BCUT2D eigenvalue weighted by molar-refractivity contribution is 5.75. The van der Waals surface area contributed by atoms with Crippen molar-refractivity contribution in [2.24, 2.45) is 0 Å². The van der Waals surface area contributed by atoms with Gasteiger partial charge in [0.1, 0.15) is 5.78 Å². The molecule has 17 heavy (non-hydrogen) atoms. The lowest BCUT2D eigenvalue weighted by molar-refractivity contribution is -0.117. The lowest BCUT2D eigenvalue weighted by atomic mass is 10.1. The summed E-state index contributed by atoms with van der Waals surface area (Å²) in [4.78, 5) is 11.0. The highest BCUT2D eigenvalue weighted by Crippen LogP contribution is 2.18. The van der Waals surface area contributed by atoms with Crippen LogP contribution >= 0.6 is 0 Å². The number of hydrogen-bond donors (Lipinski definition) is 0. The van der Waals surface area contributed by atoms with Gasteiger partial charge in [-0.05, 0) is 19.9 Å². The summed E-state index contributed by atoms with van der Waals surface area (Å²) < 4.78 is 1.89. The molecule has 88 valence electrons. The summed E-state index contributed by atoms with van der Waals surface area (Å²) in [5.74, 6) is 0.196. The van der Waals surface area contributed by atoms with Crippen molar-refractivity contribution in [3.63, 3.8) is 0 Å². The summed E-state index contributed by atoms with van der Waals surface area (Å²) in [6, 6.07) is 12.1. The molecule has 0 unspecified atom stereocenters. The van der Waals surface area contributed by atoms with E-state index in [0.717, 1.165) is 17.0 Å². The molecule has 0 N–H and O–H groups in total. The van der Waals surface area contributed by atoms with E-state index in [-0.39, 0.29) is 5.78 Å². The molecule has 0 aliphatic rings. The van der Waals surface area contributed by atoms with Crippen LogP contribution in [0.15, 0.2) is 36.4 Å². The van der Waals surface area contributed by atoms with E-state index in [2.05, 4.69) is 11.2 Å². The molecular weight excluding hydrogens is 212 g/mol. The topological polar surface area (TPSA) is 34.9 Å². The maximum absolute atomic E-state index is 11.0. The molecule has 2 aromatic rings. The molecule has 0 radical (unpaired) electrons. The summed E-state index contributed by atoms with van der Waals surface area (Å²) >= 11 is 0. The molecular formula is C14H16N2O. The maximum atomic E-state index is 11.0. The van der Waals surface area contributed by atoms with Crippen LogP contribution in [0, 0.1) is 6.92 Å². The molecule has 0 saturated carbocycles. The van der Waals surface area contributed by atoms with Crippen molar-refractivity contribution in [3.05, 3.63) is 42.1 Å². The molecule has 0 aliphatic heterocycles. The third-order valence-corrected chi connectivity index (χ3v) is 2.73. The number of hydrogen-bond acceptors (Lipinski definition) is 2. The van der Waals surface area contributed by atoms with Gasteiger partial charge >= 0.3 is 0 Å². The van der Waals surface area contributed by atoms with Crippen LogP contribution in [0.2, 0.25) is 0 Å². The average molecular weight is 228 g/mol. The molecule has 1 heterocycles. The Hall–Kier alpha value is -1.90. The van der Waals surface area contributed by atoms with Crippen LogP contribution in [-0.2, 0) is 11.3 Å². The first-order valence-corrected chi connectivity index (χ1v) is 5.76. The molecule has 0 amide bonds. The Kier molecular flexibility index (Phi) is 3.38. The Morgan fingerprint density at radius 2 is 2.00 bits per heavy atom. The van der Waals surface area contributed by atoms with Crippen molar-refractivity contribution in [1.29, 1.82) is 0 Å². The number of aryl methyl sites for hydroxylation is 2. The van der Waals surface area contributed by atoms with Gasteiger partial charge in [-0.3, -0.25) is 9.48 Å². The fourth-order valence-electron chi connectivity index (χ4n) is 1.75. The maximum Gasteiger partial charge on any atom is 0.131 e. The van der Waals surface area contributed by atoms with Crippen molar-refractivity contribution >= 4 is 5.78 Å². The second kappa shape index (κ2) is 4.95. The number of benzene rings is 1. The molecule has 1 aromatic heterocycles. The Morgan fingerprint density at radius 1 is 1.29 bits per heavy atom. The fourth-order valence-corrected chi connectivity index (χ4v) is 1.75. The van der Waals surface area contributed by atoms with Gasteiger partial charge in [0.05, 0.1) is 5.69 Å². The molecule has 3 heteroatoms. The Labute approximate surface area is 101 Å². The zero-order valence-corrected chi connectivity index (χ0v) is 10.2. The largest absolute Gasteiger partial charge is 0.300 e. The van der Waals surface area contributed by atoms with Crippen LogP contribution in [-0.4, -0.2) is 15.6 Å². The summed E-state index contributed by atoms with van der Waals surface area (Å²) in [6.07, 6.45) is 0.538. The molecule has 0 aliphatic carbocycles. The summed E-state index contributed by atoms with van der Waals surface area (Å²) in [7, 11) is 0. The summed E-state index contributed by atoms with van der Waals surface area (Å²) in [6.45, 7) is 4.28. The zero-order valence-electron chi connectivity index (χ0n) is 10.2. The molecule has 0 bridgehead atoms. The first-order valence-electron chi connectivity index (χ1n) is 5.76. The van der Waals surface area contributed by atoms with Gasteiger partial charge in [0.2, 0.25) is 0 Å². The lowest BCUT2D eigenvalue weighted by Gasteiger charge is -2.01. The third kappa shape index (κ3) is 2.81. The second-order valence-corrected chi connectivity index (χ2v) is 4.21. The number of Topliss-reactive ketones (excluding diaryl/α,β-unsaturated/α-hetero) is 1. The third-order valence-electron chi connectivity index (χ3n) is 2.73. The standard InChI is InChI=1S/C14H16N2O/c1-11-10-14(13-6-4-3-5-7-13)15-16(11)9-8-12(2)17/h3-7,10H,8-9H2,1-2H3. The van der Waals surface area contributed by atoms with E-state index in [4.69, 9.17) is 0 Å². The van der Waals surface area contributed by atoms with E-state index in [1.54, 1.807) is 6.92 Å². The normalized spacial score (nSPS) is 10.5. The van der Waals surface area contributed by atoms with E-state index in [9.17, 15) is 4.79 Å². The van der Waals surface area contributed by atoms with E-state index in [1.165, 1.54) is 0 Å². The van der Waals surface area contributed by atoms with Crippen LogP contribution in [0.3, 0.4) is 0 Å². The van der Waals surface area contributed by atoms with Crippen LogP contribution in [0.1, 0.15) is 19.0 Å². The SMILES string of the molecule is CC(=O)CCn1nc(-c2ccccc2)cc1C. The Bertz CT molecular complexity index is 514. The molecule has 0 fully saturated rings. The number of ketones is 1. The van der Waals surface area contributed by atoms with Crippen LogP contribution < -0.4 is 0 Å². The zero-order chi connectivity index (χ0) is 12.3. The van der Waals surface area contributed by atoms with Crippen molar-refractivity contribution in [3.8, 4) is 11.3 Å². The van der Waals surface area contributed by atoms with Gasteiger partial charge in [0.25, 0.3) is 0 Å². The van der Waals surface area contributed by atoms with Gasteiger partial charge in [0, 0.05) is 24.2 Å². The smallest absolute Gasteiger partial charge is 0.131 e. The van der Waals surface area contributed by atoms with Crippen LogP contribution in [0.4, 0.5) is 0 Å². The number of aromatic nitrogens is 2. The summed E-state index contributed by atoms with van der Waals surface area (Å²) in [5, 5.41) is 4.52. The van der Waals surface area contributed by atoms with Gasteiger partial charge in [0.15, 0.2) is 0 Å². The number of carbonyl (C=O) groups excluding carboxylic acids is 1. The van der Waals surface area contributed by atoms with Crippen LogP contribution in [0.5, 0.6) is 0 Å². The second-order valence-electron chi connectivity index (χ2n) is 4.21. The molecule has 0 spiro atoms. The molecule has 1 aromatic carbocycles. The minimum atomic E-state index is 0.196. The lowest BCUT2D eigenvalue weighted by Crippen LogP contribution is -2.05. The first kappa shape index (κ1) is 11.6. The van der Waals surface area contributed by atoms with Gasteiger partial charge in [-0.25, -0.2) is 0 Å². The minimum absolute atomic E-state index is 0.196. The molecule has 0 saturated heterocycles. The number of nitrogens with zero attached hydrogens (tertiary/aromatic N) is 2. The average Bonchev–Trinajstić information content (AvgIpc) is 2.69.